The van der Waals surface area contributed by atoms with Crippen molar-refractivity contribution in [1.82, 2.24) is 9.55 Å². The van der Waals surface area contributed by atoms with E-state index in [1.54, 1.807) is 17.0 Å². The van der Waals surface area contributed by atoms with Gasteiger partial charge in [-0.15, -0.1) is 0 Å². The van der Waals surface area contributed by atoms with Crippen LogP contribution in [0.1, 0.15) is 21.7 Å². The third-order valence-electron chi connectivity index (χ3n) is 3.32. The third-order valence-corrected chi connectivity index (χ3v) is 3.55. The summed E-state index contributed by atoms with van der Waals surface area (Å²) < 4.78 is 1.75. The summed E-state index contributed by atoms with van der Waals surface area (Å²) in [5, 5.41) is 10.3. The highest BCUT2D eigenvalue weighted by atomic mass is 35.5. The van der Waals surface area contributed by atoms with E-state index >= 15 is 0 Å². The molecular weight excluding hydrogens is 300 g/mol. The van der Waals surface area contributed by atoms with Gasteiger partial charge in [0.25, 0.3) is 0 Å². The highest BCUT2D eigenvalue weighted by Crippen LogP contribution is 2.24. The quantitative estimate of drug-likeness (QED) is 0.750. The van der Waals surface area contributed by atoms with Gasteiger partial charge in [-0.3, -0.25) is 4.79 Å². The van der Waals surface area contributed by atoms with Crippen LogP contribution in [-0.4, -0.2) is 20.4 Å². The summed E-state index contributed by atoms with van der Waals surface area (Å²) in [5.41, 5.74) is 1.21. The van der Waals surface area contributed by atoms with Gasteiger partial charge < -0.3 is 9.67 Å². The Bertz CT molecular complexity index is 813. The topological polar surface area (TPSA) is 55.1 Å². The van der Waals surface area contributed by atoms with Gasteiger partial charge in [0, 0.05) is 24.0 Å². The predicted molar refractivity (Wildman–Crippen MR) is 84.3 cm³/mol. The van der Waals surface area contributed by atoms with Crippen LogP contribution >= 0.6 is 11.6 Å². The van der Waals surface area contributed by atoms with Crippen LogP contribution in [-0.2, 0) is 6.54 Å². The Balaban J connectivity index is 1.94. The number of phenolic OH excluding ortho intramolecular Hbond substituents is 1. The Labute approximate surface area is 132 Å². The zero-order valence-electron chi connectivity index (χ0n) is 11.6. The number of aromatic nitrogens is 2. The molecule has 0 bridgehead atoms. The Kier molecular flexibility index (Phi) is 3.94. The van der Waals surface area contributed by atoms with Crippen molar-refractivity contribution in [2.75, 3.05) is 0 Å². The number of phenols is 1. The van der Waals surface area contributed by atoms with E-state index in [9.17, 15) is 9.90 Å². The largest absolute Gasteiger partial charge is 0.507 e. The van der Waals surface area contributed by atoms with Gasteiger partial charge in [-0.1, -0.05) is 41.9 Å². The number of benzene rings is 2. The van der Waals surface area contributed by atoms with Crippen molar-refractivity contribution < 1.29 is 9.90 Å². The third kappa shape index (κ3) is 2.87. The fraction of sp³-hybridized carbons (Fsp3) is 0.0588. The van der Waals surface area contributed by atoms with E-state index in [0.29, 0.717) is 11.6 Å². The first-order valence-electron chi connectivity index (χ1n) is 6.73. The van der Waals surface area contributed by atoms with Crippen molar-refractivity contribution in [1.29, 1.82) is 0 Å². The van der Waals surface area contributed by atoms with E-state index in [1.165, 1.54) is 18.2 Å². The number of nitrogens with zero attached hydrogens (tertiary/aromatic N) is 2. The van der Waals surface area contributed by atoms with Crippen molar-refractivity contribution in [3.05, 3.63) is 82.9 Å². The lowest BCUT2D eigenvalue weighted by Gasteiger charge is -2.08. The molecule has 0 aliphatic rings. The van der Waals surface area contributed by atoms with Crippen LogP contribution < -0.4 is 0 Å². The van der Waals surface area contributed by atoms with Crippen molar-refractivity contribution in [2.24, 2.45) is 0 Å². The van der Waals surface area contributed by atoms with Gasteiger partial charge in [-0.05, 0) is 23.8 Å². The van der Waals surface area contributed by atoms with Gasteiger partial charge >= 0.3 is 0 Å². The standard InChI is InChI=1S/C17H13ClN2O2/c18-13-6-7-15(21)14(10-13)16(22)17-19-8-9-20(17)11-12-4-2-1-3-5-12/h1-10,21H,11H2. The van der Waals surface area contributed by atoms with Crippen molar-refractivity contribution in [3.8, 4) is 5.75 Å². The molecule has 3 aromatic rings. The van der Waals surface area contributed by atoms with Gasteiger partial charge in [0.2, 0.25) is 5.78 Å². The second kappa shape index (κ2) is 6.03. The Morgan fingerprint density at radius 1 is 1.18 bits per heavy atom. The van der Waals surface area contributed by atoms with E-state index in [4.69, 9.17) is 11.6 Å². The molecule has 5 heteroatoms. The SMILES string of the molecule is O=C(c1cc(Cl)ccc1O)c1nccn1Cc1ccccc1. The number of aromatic hydroxyl groups is 1. The normalized spacial score (nSPS) is 10.6. The second-order valence-electron chi connectivity index (χ2n) is 4.85. The average molecular weight is 313 g/mol. The van der Waals surface area contributed by atoms with Crippen molar-refractivity contribution in [3.63, 3.8) is 0 Å². The lowest BCUT2D eigenvalue weighted by Crippen LogP contribution is -2.12. The number of carbonyl (C=O) groups excluding carboxylic acids is 1. The highest BCUT2D eigenvalue weighted by molar-refractivity contribution is 6.31. The molecule has 0 saturated heterocycles. The summed E-state index contributed by atoms with van der Waals surface area (Å²) in [7, 11) is 0. The van der Waals surface area contributed by atoms with Gasteiger partial charge in [-0.25, -0.2) is 4.98 Å². The molecular formula is C17H13ClN2O2. The molecule has 22 heavy (non-hydrogen) atoms. The zero-order valence-corrected chi connectivity index (χ0v) is 12.4. The second-order valence-corrected chi connectivity index (χ2v) is 5.29. The molecule has 4 nitrogen and oxygen atoms in total. The predicted octanol–water partition coefficient (Wildman–Crippen LogP) is 3.52. The van der Waals surface area contributed by atoms with E-state index < -0.39 is 0 Å². The van der Waals surface area contributed by atoms with E-state index in [1.807, 2.05) is 30.3 Å². The molecule has 110 valence electrons. The molecule has 3 rings (SSSR count). The Morgan fingerprint density at radius 2 is 1.95 bits per heavy atom. The first-order valence-corrected chi connectivity index (χ1v) is 7.11. The summed E-state index contributed by atoms with van der Waals surface area (Å²) in [5.74, 6) is -0.203. The molecule has 1 heterocycles. The first kappa shape index (κ1) is 14.4. The number of carbonyl (C=O) groups is 1. The summed E-state index contributed by atoms with van der Waals surface area (Å²) >= 11 is 5.90. The van der Waals surface area contributed by atoms with Crippen LogP contribution in [0.5, 0.6) is 5.75 Å². The fourth-order valence-electron chi connectivity index (χ4n) is 2.24. The summed E-state index contributed by atoms with van der Waals surface area (Å²) in [6.07, 6.45) is 3.31. The maximum absolute atomic E-state index is 12.6. The van der Waals surface area contributed by atoms with Gasteiger partial charge in [-0.2, -0.15) is 0 Å². The monoisotopic (exact) mass is 312 g/mol. The maximum Gasteiger partial charge on any atom is 0.232 e. The number of ketones is 1. The minimum atomic E-state index is -0.360. The van der Waals surface area contributed by atoms with Gasteiger partial charge in [0.05, 0.1) is 5.56 Å². The minimum Gasteiger partial charge on any atom is -0.507 e. The highest BCUT2D eigenvalue weighted by Gasteiger charge is 2.19. The van der Waals surface area contributed by atoms with Crippen LogP contribution in [0.15, 0.2) is 60.9 Å². The van der Waals surface area contributed by atoms with Gasteiger partial charge in [0.15, 0.2) is 5.82 Å². The number of halogens is 1. The first-order chi connectivity index (χ1) is 10.6. The molecule has 2 aromatic carbocycles. The molecule has 1 N–H and O–H groups in total. The molecule has 0 aliphatic carbocycles. The van der Waals surface area contributed by atoms with E-state index in [2.05, 4.69) is 4.98 Å². The molecule has 0 unspecified atom stereocenters. The molecule has 0 radical (unpaired) electrons. The lowest BCUT2D eigenvalue weighted by atomic mass is 10.1. The van der Waals surface area contributed by atoms with Crippen LogP contribution in [0.25, 0.3) is 0 Å². The number of hydrogen-bond donors (Lipinski definition) is 1. The van der Waals surface area contributed by atoms with Crippen molar-refractivity contribution >= 4 is 17.4 Å². The molecule has 0 amide bonds. The minimum absolute atomic E-state index is 0.108. The van der Waals surface area contributed by atoms with E-state index in [0.717, 1.165) is 5.56 Å². The molecule has 1 aromatic heterocycles. The zero-order chi connectivity index (χ0) is 15.5. The van der Waals surface area contributed by atoms with Crippen LogP contribution in [0.2, 0.25) is 5.02 Å². The average Bonchev–Trinajstić information content (AvgIpc) is 2.98. The van der Waals surface area contributed by atoms with E-state index in [-0.39, 0.29) is 22.9 Å². The lowest BCUT2D eigenvalue weighted by molar-refractivity contribution is 0.102. The Morgan fingerprint density at radius 3 is 2.73 bits per heavy atom. The number of hydrogen-bond acceptors (Lipinski definition) is 3. The van der Waals surface area contributed by atoms with Crippen LogP contribution in [0.3, 0.4) is 0 Å². The molecule has 0 saturated carbocycles. The molecule has 0 atom stereocenters. The van der Waals surface area contributed by atoms with Crippen LogP contribution in [0.4, 0.5) is 0 Å². The molecule has 0 spiro atoms. The summed E-state index contributed by atoms with van der Waals surface area (Å²) in [4.78, 5) is 16.7. The Hall–Kier alpha value is -2.59. The summed E-state index contributed by atoms with van der Waals surface area (Å²) in [6, 6.07) is 14.2. The van der Waals surface area contributed by atoms with Crippen LogP contribution in [0, 0.1) is 0 Å². The summed E-state index contributed by atoms with van der Waals surface area (Å²) in [6.45, 7) is 0.531. The number of rotatable bonds is 4. The molecule has 0 aliphatic heterocycles. The fourth-order valence-corrected chi connectivity index (χ4v) is 2.41. The smallest absolute Gasteiger partial charge is 0.232 e. The maximum atomic E-state index is 12.6. The van der Waals surface area contributed by atoms with Gasteiger partial charge in [0.1, 0.15) is 5.75 Å². The number of imidazole rings is 1. The van der Waals surface area contributed by atoms with Crippen molar-refractivity contribution in [2.45, 2.75) is 6.54 Å². The molecule has 0 fully saturated rings.